The van der Waals surface area contributed by atoms with Gasteiger partial charge in [-0.25, -0.2) is 4.98 Å². The fourth-order valence-electron chi connectivity index (χ4n) is 2.93. The van der Waals surface area contributed by atoms with E-state index >= 15 is 0 Å². The number of H-pyrrole nitrogens is 1. The number of benzene rings is 2. The largest absolute Gasteiger partial charge is 0.449 e. The number of nitrogens with one attached hydrogen (secondary N) is 1. The minimum Gasteiger partial charge on any atom is -0.334 e. The van der Waals surface area contributed by atoms with Crippen molar-refractivity contribution in [1.29, 1.82) is 0 Å². The van der Waals surface area contributed by atoms with Crippen molar-refractivity contribution in [2.75, 3.05) is 0 Å². The SMILES string of the molecule is FC(F)(F)c1nc2c([nH]1)-c1ccccc1Cc1ccccc1-2. The molecule has 0 atom stereocenters. The molecule has 0 aliphatic heterocycles. The summed E-state index contributed by atoms with van der Waals surface area (Å²) in [6.07, 6.45) is -3.81. The molecular weight excluding hydrogens is 289 g/mol. The van der Waals surface area contributed by atoms with Gasteiger partial charge in [0.05, 0.1) is 11.4 Å². The fraction of sp³-hybridized carbons (Fsp3) is 0.118. The molecule has 0 saturated carbocycles. The van der Waals surface area contributed by atoms with Gasteiger partial charge in [-0.1, -0.05) is 48.5 Å². The van der Waals surface area contributed by atoms with Crippen LogP contribution in [0.5, 0.6) is 0 Å². The highest BCUT2D eigenvalue weighted by Crippen LogP contribution is 2.41. The van der Waals surface area contributed by atoms with Crippen molar-refractivity contribution in [3.8, 4) is 22.5 Å². The van der Waals surface area contributed by atoms with Crippen molar-refractivity contribution in [2.45, 2.75) is 12.6 Å². The molecule has 1 heterocycles. The average molecular weight is 300 g/mol. The summed E-state index contributed by atoms with van der Waals surface area (Å²) in [6, 6.07) is 15.0. The molecule has 0 unspecified atom stereocenters. The van der Waals surface area contributed by atoms with Crippen molar-refractivity contribution in [3.05, 3.63) is 65.5 Å². The van der Waals surface area contributed by atoms with Crippen molar-refractivity contribution in [1.82, 2.24) is 9.97 Å². The minimum absolute atomic E-state index is 0.368. The van der Waals surface area contributed by atoms with E-state index in [1.54, 1.807) is 0 Å². The van der Waals surface area contributed by atoms with E-state index in [0.29, 0.717) is 17.8 Å². The Kier molecular flexibility index (Phi) is 2.66. The molecule has 2 nitrogen and oxygen atoms in total. The Labute approximate surface area is 124 Å². The third-order valence-corrected chi connectivity index (χ3v) is 3.91. The normalized spacial score (nSPS) is 13.0. The van der Waals surface area contributed by atoms with Crippen LogP contribution in [0.25, 0.3) is 22.5 Å². The van der Waals surface area contributed by atoms with E-state index in [9.17, 15) is 13.2 Å². The average Bonchev–Trinajstić information content (AvgIpc) is 2.89. The van der Waals surface area contributed by atoms with Crippen LogP contribution in [0.1, 0.15) is 17.0 Å². The molecule has 22 heavy (non-hydrogen) atoms. The van der Waals surface area contributed by atoms with Crippen molar-refractivity contribution < 1.29 is 13.2 Å². The quantitative estimate of drug-likeness (QED) is 0.502. The lowest BCUT2D eigenvalue weighted by atomic mass is 10.00. The zero-order valence-corrected chi connectivity index (χ0v) is 11.4. The van der Waals surface area contributed by atoms with Gasteiger partial charge < -0.3 is 4.98 Å². The smallest absolute Gasteiger partial charge is 0.334 e. The lowest BCUT2D eigenvalue weighted by molar-refractivity contribution is -0.144. The Bertz CT molecular complexity index is 799. The van der Waals surface area contributed by atoms with E-state index in [2.05, 4.69) is 9.97 Å². The zero-order valence-electron chi connectivity index (χ0n) is 11.4. The number of aromatic amines is 1. The monoisotopic (exact) mass is 300 g/mol. The van der Waals surface area contributed by atoms with Gasteiger partial charge in [0.2, 0.25) is 5.82 Å². The molecule has 1 aromatic heterocycles. The number of imidazole rings is 1. The molecule has 0 fully saturated rings. The van der Waals surface area contributed by atoms with E-state index in [0.717, 1.165) is 22.3 Å². The molecule has 1 N–H and O–H groups in total. The molecule has 5 heteroatoms. The lowest BCUT2D eigenvalue weighted by Gasteiger charge is -2.06. The van der Waals surface area contributed by atoms with Gasteiger partial charge in [-0.15, -0.1) is 0 Å². The van der Waals surface area contributed by atoms with Crippen LogP contribution >= 0.6 is 0 Å². The molecule has 0 bridgehead atoms. The van der Waals surface area contributed by atoms with Gasteiger partial charge >= 0.3 is 6.18 Å². The van der Waals surface area contributed by atoms with Gasteiger partial charge in [-0.3, -0.25) is 0 Å². The van der Waals surface area contributed by atoms with Gasteiger partial charge in [0.25, 0.3) is 0 Å². The second-order valence-electron chi connectivity index (χ2n) is 5.30. The first-order valence-corrected chi connectivity index (χ1v) is 6.88. The van der Waals surface area contributed by atoms with Crippen LogP contribution in [-0.4, -0.2) is 9.97 Å². The minimum atomic E-state index is -4.49. The van der Waals surface area contributed by atoms with Gasteiger partial charge in [0, 0.05) is 11.1 Å². The summed E-state index contributed by atoms with van der Waals surface area (Å²) >= 11 is 0. The van der Waals surface area contributed by atoms with Crippen LogP contribution < -0.4 is 0 Å². The van der Waals surface area contributed by atoms with Crippen molar-refractivity contribution in [3.63, 3.8) is 0 Å². The summed E-state index contributed by atoms with van der Waals surface area (Å²) in [5, 5.41) is 0. The maximum absolute atomic E-state index is 13.0. The molecule has 0 amide bonds. The first-order valence-electron chi connectivity index (χ1n) is 6.88. The molecular formula is C17H11F3N2. The molecule has 1 aliphatic rings. The Hall–Kier alpha value is -2.56. The van der Waals surface area contributed by atoms with Crippen LogP contribution in [0.2, 0.25) is 0 Å². The first kappa shape index (κ1) is 13.1. The Morgan fingerprint density at radius 2 is 1.45 bits per heavy atom. The van der Waals surface area contributed by atoms with Crippen LogP contribution in [0, 0.1) is 0 Å². The number of nitrogens with zero attached hydrogens (tertiary/aromatic N) is 1. The number of rotatable bonds is 0. The van der Waals surface area contributed by atoms with Crippen LogP contribution in [0.15, 0.2) is 48.5 Å². The van der Waals surface area contributed by atoms with Crippen LogP contribution in [-0.2, 0) is 12.6 Å². The van der Waals surface area contributed by atoms with E-state index in [1.165, 1.54) is 0 Å². The summed E-state index contributed by atoms with van der Waals surface area (Å²) in [5.41, 5.74) is 4.30. The maximum atomic E-state index is 13.0. The standard InChI is InChI=1S/C17H11F3N2/c18-17(19,20)16-21-14-12-7-3-1-5-10(12)9-11-6-2-4-8-13(11)15(14)22-16/h1-8H,9H2,(H,21,22). The highest BCUT2D eigenvalue weighted by Gasteiger charge is 2.37. The molecule has 2 aromatic carbocycles. The predicted molar refractivity (Wildman–Crippen MR) is 77.3 cm³/mol. The number of hydrogen-bond acceptors (Lipinski definition) is 1. The number of aromatic nitrogens is 2. The number of fused-ring (bicyclic) bond motifs is 5. The summed E-state index contributed by atoms with van der Waals surface area (Å²) < 4.78 is 39.1. The van der Waals surface area contributed by atoms with Gasteiger partial charge in [-0.05, 0) is 17.5 Å². The van der Waals surface area contributed by atoms with E-state index in [-0.39, 0.29) is 0 Å². The molecule has 110 valence electrons. The second kappa shape index (κ2) is 4.47. The van der Waals surface area contributed by atoms with E-state index in [4.69, 9.17) is 0 Å². The summed E-state index contributed by atoms with van der Waals surface area (Å²) in [4.78, 5) is 6.32. The van der Waals surface area contributed by atoms with Crippen molar-refractivity contribution >= 4 is 0 Å². The molecule has 3 aromatic rings. The highest BCUT2D eigenvalue weighted by molar-refractivity contribution is 5.84. The highest BCUT2D eigenvalue weighted by atomic mass is 19.4. The summed E-state index contributed by atoms with van der Waals surface area (Å²) in [5.74, 6) is -0.955. The van der Waals surface area contributed by atoms with Gasteiger partial charge in [0.1, 0.15) is 0 Å². The predicted octanol–water partition coefficient (Wildman–Crippen LogP) is 4.67. The number of halogens is 3. The zero-order chi connectivity index (χ0) is 15.3. The van der Waals surface area contributed by atoms with Crippen LogP contribution in [0.4, 0.5) is 13.2 Å². The second-order valence-corrected chi connectivity index (χ2v) is 5.30. The van der Waals surface area contributed by atoms with Gasteiger partial charge in [-0.2, -0.15) is 13.2 Å². The lowest BCUT2D eigenvalue weighted by Crippen LogP contribution is -2.07. The fourth-order valence-corrected chi connectivity index (χ4v) is 2.93. The van der Waals surface area contributed by atoms with Crippen LogP contribution in [0.3, 0.4) is 0 Å². The number of alkyl halides is 3. The Morgan fingerprint density at radius 1 is 0.864 bits per heavy atom. The van der Waals surface area contributed by atoms with Gasteiger partial charge in [0.15, 0.2) is 0 Å². The topological polar surface area (TPSA) is 28.7 Å². The third-order valence-electron chi connectivity index (χ3n) is 3.91. The maximum Gasteiger partial charge on any atom is 0.449 e. The van der Waals surface area contributed by atoms with Crippen molar-refractivity contribution in [2.24, 2.45) is 0 Å². The summed E-state index contributed by atoms with van der Waals surface area (Å²) in [7, 11) is 0. The van der Waals surface area contributed by atoms with E-state index < -0.39 is 12.0 Å². The molecule has 0 radical (unpaired) electrons. The summed E-state index contributed by atoms with van der Waals surface area (Å²) in [6.45, 7) is 0. The number of hydrogen-bond donors (Lipinski definition) is 1. The Balaban J connectivity index is 2.07. The Morgan fingerprint density at radius 3 is 2.14 bits per heavy atom. The molecule has 0 saturated heterocycles. The molecule has 4 rings (SSSR count). The molecule has 0 spiro atoms. The third kappa shape index (κ3) is 1.93. The first-order chi connectivity index (χ1) is 10.5. The molecule has 1 aliphatic carbocycles. The van der Waals surface area contributed by atoms with E-state index in [1.807, 2.05) is 48.5 Å².